The van der Waals surface area contributed by atoms with E-state index in [-0.39, 0.29) is 0 Å². The second-order valence-corrected chi connectivity index (χ2v) is 7.69. The molecule has 1 heterocycles. The number of rotatable bonds is 6. The Labute approximate surface area is 118 Å². The summed E-state index contributed by atoms with van der Waals surface area (Å²) in [6.45, 7) is 14.3. The minimum Gasteiger partial charge on any atom is -0.313 e. The Morgan fingerprint density at radius 2 is 2.00 bits per heavy atom. The molecule has 1 unspecified atom stereocenters. The van der Waals surface area contributed by atoms with Crippen LogP contribution < -0.4 is 5.32 Å². The fraction of sp³-hybridized carbons (Fsp3) is 1.00. The van der Waals surface area contributed by atoms with Crippen molar-refractivity contribution in [2.24, 2.45) is 5.41 Å². The van der Waals surface area contributed by atoms with E-state index in [9.17, 15) is 0 Å². The van der Waals surface area contributed by atoms with Gasteiger partial charge in [0, 0.05) is 18.3 Å². The monoisotopic (exact) mass is 272 g/mol. The normalized spacial score (nSPS) is 20.7. The third-order valence-electron chi connectivity index (χ3n) is 3.73. The van der Waals surface area contributed by atoms with Gasteiger partial charge < -0.3 is 10.2 Å². The summed E-state index contributed by atoms with van der Waals surface area (Å²) in [5.41, 5.74) is 0.371. The van der Waals surface area contributed by atoms with Gasteiger partial charge in [0.05, 0.1) is 0 Å². The second kappa shape index (κ2) is 8.44. The van der Waals surface area contributed by atoms with Crippen molar-refractivity contribution < 1.29 is 0 Å². The summed E-state index contributed by atoms with van der Waals surface area (Å²) < 4.78 is 0. The van der Waals surface area contributed by atoms with Crippen LogP contribution in [0.15, 0.2) is 0 Å². The van der Waals surface area contributed by atoms with Crippen LogP contribution in [0.5, 0.6) is 0 Å². The number of hydrogen-bond donors (Lipinski definition) is 1. The fourth-order valence-electron chi connectivity index (χ4n) is 2.49. The molecule has 108 valence electrons. The first-order valence-corrected chi connectivity index (χ1v) is 8.73. The van der Waals surface area contributed by atoms with Gasteiger partial charge in [-0.25, -0.2) is 0 Å². The average Bonchev–Trinajstić information content (AvgIpc) is 2.56. The molecule has 1 rings (SSSR count). The SMILES string of the molecule is CCCNC(CCN1CCCSCC1)C(C)(C)C. The van der Waals surface area contributed by atoms with Gasteiger partial charge in [-0.05, 0) is 50.1 Å². The van der Waals surface area contributed by atoms with Crippen molar-refractivity contribution in [3.8, 4) is 0 Å². The van der Waals surface area contributed by atoms with Crippen molar-refractivity contribution in [3.05, 3.63) is 0 Å². The highest BCUT2D eigenvalue weighted by Gasteiger charge is 2.24. The van der Waals surface area contributed by atoms with Crippen molar-refractivity contribution >= 4 is 11.8 Å². The highest BCUT2D eigenvalue weighted by molar-refractivity contribution is 7.99. The first-order valence-electron chi connectivity index (χ1n) is 7.57. The number of nitrogens with zero attached hydrogens (tertiary/aromatic N) is 1. The van der Waals surface area contributed by atoms with Crippen molar-refractivity contribution in [1.29, 1.82) is 0 Å². The first kappa shape index (κ1) is 16.3. The predicted octanol–water partition coefficient (Wildman–Crippen LogP) is 3.23. The fourth-order valence-corrected chi connectivity index (χ4v) is 3.42. The van der Waals surface area contributed by atoms with Crippen LogP contribution >= 0.6 is 11.8 Å². The highest BCUT2D eigenvalue weighted by atomic mass is 32.2. The highest BCUT2D eigenvalue weighted by Crippen LogP contribution is 2.22. The molecule has 0 spiro atoms. The van der Waals surface area contributed by atoms with Gasteiger partial charge in [0.2, 0.25) is 0 Å². The molecule has 1 aliphatic heterocycles. The maximum Gasteiger partial charge on any atom is 0.0128 e. The number of thioether (sulfide) groups is 1. The van der Waals surface area contributed by atoms with Gasteiger partial charge in [-0.2, -0.15) is 11.8 Å². The van der Waals surface area contributed by atoms with E-state index in [0.29, 0.717) is 11.5 Å². The minimum absolute atomic E-state index is 0.371. The largest absolute Gasteiger partial charge is 0.313 e. The number of nitrogens with one attached hydrogen (secondary N) is 1. The zero-order valence-corrected chi connectivity index (χ0v) is 13.6. The lowest BCUT2D eigenvalue weighted by Crippen LogP contribution is -2.43. The molecule has 1 aliphatic rings. The molecule has 0 aromatic carbocycles. The minimum atomic E-state index is 0.371. The van der Waals surface area contributed by atoms with Crippen LogP contribution in [0.2, 0.25) is 0 Å². The van der Waals surface area contributed by atoms with E-state index in [1.54, 1.807) is 0 Å². The van der Waals surface area contributed by atoms with Crippen LogP contribution in [0, 0.1) is 5.41 Å². The summed E-state index contributed by atoms with van der Waals surface area (Å²) in [5, 5.41) is 3.73. The molecular formula is C15H32N2S. The van der Waals surface area contributed by atoms with Crippen LogP contribution in [0.4, 0.5) is 0 Å². The van der Waals surface area contributed by atoms with Gasteiger partial charge >= 0.3 is 0 Å². The molecule has 0 bridgehead atoms. The molecule has 3 heteroatoms. The van der Waals surface area contributed by atoms with Gasteiger partial charge in [-0.3, -0.25) is 0 Å². The zero-order chi connectivity index (χ0) is 13.4. The molecule has 0 aromatic heterocycles. The van der Waals surface area contributed by atoms with Crippen molar-refractivity contribution in [3.63, 3.8) is 0 Å². The Balaban J connectivity index is 2.35. The van der Waals surface area contributed by atoms with E-state index in [1.165, 1.54) is 50.4 Å². The first-order chi connectivity index (χ1) is 8.54. The molecule has 2 nitrogen and oxygen atoms in total. The van der Waals surface area contributed by atoms with E-state index in [1.807, 2.05) is 0 Å². The summed E-state index contributed by atoms with van der Waals surface area (Å²) in [4.78, 5) is 2.66. The second-order valence-electron chi connectivity index (χ2n) is 6.47. The topological polar surface area (TPSA) is 15.3 Å². The van der Waals surface area contributed by atoms with E-state index in [0.717, 1.165) is 6.54 Å². The molecule has 0 aliphatic carbocycles. The lowest BCUT2D eigenvalue weighted by atomic mass is 9.84. The predicted molar refractivity (Wildman–Crippen MR) is 84.5 cm³/mol. The van der Waals surface area contributed by atoms with Gasteiger partial charge in [0.25, 0.3) is 0 Å². The molecule has 1 saturated heterocycles. The summed E-state index contributed by atoms with van der Waals surface area (Å²) >= 11 is 2.12. The Bertz CT molecular complexity index is 205. The molecular weight excluding hydrogens is 240 g/mol. The molecule has 0 saturated carbocycles. The summed E-state index contributed by atoms with van der Waals surface area (Å²) in [6.07, 6.45) is 3.88. The van der Waals surface area contributed by atoms with Crippen molar-refractivity contribution in [1.82, 2.24) is 10.2 Å². The van der Waals surface area contributed by atoms with E-state index in [4.69, 9.17) is 0 Å². The third kappa shape index (κ3) is 6.44. The Morgan fingerprint density at radius 1 is 1.22 bits per heavy atom. The lowest BCUT2D eigenvalue weighted by Gasteiger charge is -2.33. The van der Waals surface area contributed by atoms with Crippen LogP contribution in [-0.4, -0.2) is 48.6 Å². The van der Waals surface area contributed by atoms with Gasteiger partial charge in [-0.15, -0.1) is 0 Å². The molecule has 1 fully saturated rings. The van der Waals surface area contributed by atoms with E-state index in [2.05, 4.69) is 49.7 Å². The molecule has 18 heavy (non-hydrogen) atoms. The van der Waals surface area contributed by atoms with Crippen LogP contribution in [0.3, 0.4) is 0 Å². The maximum atomic E-state index is 3.73. The van der Waals surface area contributed by atoms with Gasteiger partial charge in [-0.1, -0.05) is 27.7 Å². The zero-order valence-electron chi connectivity index (χ0n) is 12.8. The van der Waals surface area contributed by atoms with Crippen molar-refractivity contribution in [2.45, 2.75) is 53.0 Å². The summed E-state index contributed by atoms with van der Waals surface area (Å²) in [7, 11) is 0. The number of hydrogen-bond acceptors (Lipinski definition) is 3. The Hall–Kier alpha value is 0.270. The molecule has 0 aromatic rings. The van der Waals surface area contributed by atoms with E-state index < -0.39 is 0 Å². The molecule has 0 radical (unpaired) electrons. The van der Waals surface area contributed by atoms with Gasteiger partial charge in [0.15, 0.2) is 0 Å². The van der Waals surface area contributed by atoms with Gasteiger partial charge in [0.1, 0.15) is 0 Å². The summed E-state index contributed by atoms with van der Waals surface area (Å²) in [5.74, 6) is 2.68. The van der Waals surface area contributed by atoms with Crippen LogP contribution in [0.1, 0.15) is 47.0 Å². The Kier molecular flexibility index (Phi) is 7.66. The van der Waals surface area contributed by atoms with Crippen LogP contribution in [0.25, 0.3) is 0 Å². The molecule has 1 atom stereocenters. The Morgan fingerprint density at radius 3 is 2.67 bits per heavy atom. The molecule has 0 amide bonds. The molecule has 1 N–H and O–H groups in total. The van der Waals surface area contributed by atoms with E-state index >= 15 is 0 Å². The third-order valence-corrected chi connectivity index (χ3v) is 4.78. The lowest BCUT2D eigenvalue weighted by molar-refractivity contribution is 0.211. The standard InChI is InChI=1S/C15H32N2S/c1-5-8-16-14(15(2,3)4)7-10-17-9-6-12-18-13-11-17/h14,16H,5-13H2,1-4H3. The summed E-state index contributed by atoms with van der Waals surface area (Å²) in [6, 6.07) is 0.647. The maximum absolute atomic E-state index is 3.73. The van der Waals surface area contributed by atoms with Crippen molar-refractivity contribution in [2.75, 3.05) is 37.7 Å². The quantitative estimate of drug-likeness (QED) is 0.799. The van der Waals surface area contributed by atoms with Crippen LogP contribution in [-0.2, 0) is 0 Å². The smallest absolute Gasteiger partial charge is 0.0128 e. The average molecular weight is 273 g/mol.